The summed E-state index contributed by atoms with van der Waals surface area (Å²) in [6.45, 7) is 7.39. The maximum absolute atomic E-state index is 14.7. The van der Waals surface area contributed by atoms with Crippen molar-refractivity contribution in [2.45, 2.75) is 154 Å². The highest BCUT2D eigenvalue weighted by Gasteiger charge is 2.40. The maximum atomic E-state index is 14.7. The highest BCUT2D eigenvalue weighted by atomic mass is 19.4. The Hall–Kier alpha value is -9.96. The van der Waals surface area contributed by atoms with Crippen molar-refractivity contribution >= 4 is 23.9 Å². The maximum Gasteiger partial charge on any atom is 0.417 e. The van der Waals surface area contributed by atoms with Crippen molar-refractivity contribution in [1.29, 1.82) is 0 Å². The zero-order valence-corrected chi connectivity index (χ0v) is 61.4. The summed E-state index contributed by atoms with van der Waals surface area (Å²) in [5, 5.41) is 18.7. The van der Waals surface area contributed by atoms with Crippen molar-refractivity contribution in [1.82, 2.24) is 0 Å². The number of halogens is 12. The number of hydrogen-bond acceptors (Lipinski definition) is 13. The van der Waals surface area contributed by atoms with Gasteiger partial charge in [-0.25, -0.2) is 19.2 Å². The molecule has 4 unspecified atom stereocenters. The molecule has 0 bridgehead atoms. The summed E-state index contributed by atoms with van der Waals surface area (Å²) in [6, 6.07) is 39.4. The summed E-state index contributed by atoms with van der Waals surface area (Å²) >= 11 is 0. The first kappa shape index (κ1) is 86.6. The number of rotatable bonds is 42. The molecule has 596 valence electrons. The third kappa shape index (κ3) is 26.6. The molecule has 0 heterocycles. The lowest BCUT2D eigenvalue weighted by Gasteiger charge is -2.19. The molecule has 0 aliphatic heterocycles. The van der Waals surface area contributed by atoms with Gasteiger partial charge in [0.05, 0.1) is 48.7 Å². The number of carbonyl (C=O) groups excluding carboxylic acids is 2. The van der Waals surface area contributed by atoms with Crippen molar-refractivity contribution < 1.29 is 125 Å². The highest BCUT2D eigenvalue weighted by molar-refractivity contribution is 5.90. The third-order valence-corrected chi connectivity index (χ3v) is 17.8. The van der Waals surface area contributed by atoms with Gasteiger partial charge in [0.15, 0.2) is 24.4 Å². The van der Waals surface area contributed by atoms with Gasteiger partial charge in [0.1, 0.15) is 23.0 Å². The molecule has 15 nitrogen and oxygen atoms in total. The van der Waals surface area contributed by atoms with Crippen LogP contribution in [0.15, 0.2) is 170 Å². The first-order valence-corrected chi connectivity index (χ1v) is 36.2. The van der Waals surface area contributed by atoms with Crippen molar-refractivity contribution in [3.8, 4) is 45.3 Å². The number of aryl methyl sites for hydroxylation is 4. The second-order valence-corrected chi connectivity index (χ2v) is 25.9. The van der Waals surface area contributed by atoms with Gasteiger partial charge in [-0.05, 0) is 219 Å². The van der Waals surface area contributed by atoms with Crippen LogP contribution in [0.4, 0.5) is 52.7 Å². The molecule has 8 rings (SSSR count). The lowest BCUT2D eigenvalue weighted by atomic mass is 9.91. The predicted octanol–water partition coefficient (Wildman–Crippen LogP) is 18.9. The quantitative estimate of drug-likeness (QED) is 0.0159. The van der Waals surface area contributed by atoms with Gasteiger partial charge in [-0.2, -0.15) is 52.7 Å². The first-order valence-electron chi connectivity index (χ1n) is 36.2. The van der Waals surface area contributed by atoms with E-state index in [4.69, 9.17) is 42.6 Å². The first-order chi connectivity index (χ1) is 52.8. The van der Waals surface area contributed by atoms with E-state index in [0.29, 0.717) is 45.3 Å². The number of esters is 2. The number of alkyl halides is 12. The van der Waals surface area contributed by atoms with E-state index in [1.807, 2.05) is 0 Å². The van der Waals surface area contributed by atoms with Crippen LogP contribution in [0, 0.1) is 0 Å². The molecule has 8 aromatic carbocycles. The van der Waals surface area contributed by atoms with Crippen LogP contribution in [-0.4, -0.2) is 111 Å². The lowest BCUT2D eigenvalue weighted by Crippen LogP contribution is -2.36. The molecule has 0 radical (unpaired) electrons. The molecule has 0 amide bonds. The number of aliphatic carboxylic acids is 2. The van der Waals surface area contributed by atoms with Gasteiger partial charge in [0.2, 0.25) is 0 Å². The molecule has 0 saturated carbocycles. The molecule has 8 aromatic rings. The van der Waals surface area contributed by atoms with Gasteiger partial charge in [-0.3, -0.25) is 0 Å². The summed E-state index contributed by atoms with van der Waals surface area (Å²) < 4.78 is 225. The van der Waals surface area contributed by atoms with Crippen LogP contribution in [0.3, 0.4) is 0 Å². The van der Waals surface area contributed by atoms with Gasteiger partial charge in [-0.15, -0.1) is 0 Å². The van der Waals surface area contributed by atoms with Crippen LogP contribution in [0.25, 0.3) is 22.3 Å². The Labute approximate surface area is 634 Å². The Morgan fingerprint density at radius 1 is 0.315 bits per heavy atom. The van der Waals surface area contributed by atoms with Crippen molar-refractivity contribution in [3.05, 3.63) is 237 Å². The molecule has 27 heteroatoms. The predicted molar refractivity (Wildman–Crippen MR) is 388 cm³/mol. The van der Waals surface area contributed by atoms with Crippen molar-refractivity contribution in [3.63, 3.8) is 0 Å². The highest BCUT2D eigenvalue weighted by Crippen LogP contribution is 2.45. The van der Waals surface area contributed by atoms with Crippen molar-refractivity contribution in [2.24, 2.45) is 0 Å². The van der Waals surface area contributed by atoms with E-state index >= 15 is 0 Å². The summed E-state index contributed by atoms with van der Waals surface area (Å²) in [5.41, 5.74) is -3.04. The van der Waals surface area contributed by atoms with Gasteiger partial charge < -0.3 is 52.8 Å². The zero-order valence-electron chi connectivity index (χ0n) is 61.4. The molecule has 0 aromatic heterocycles. The van der Waals surface area contributed by atoms with Crippen LogP contribution < -0.4 is 18.9 Å². The monoisotopic (exact) mass is 1560 g/mol. The van der Waals surface area contributed by atoms with E-state index in [0.717, 1.165) is 36.4 Å². The Morgan fingerprint density at radius 3 is 0.847 bits per heavy atom. The number of hydrogen-bond donors (Lipinski definition) is 2. The van der Waals surface area contributed by atoms with E-state index in [1.165, 1.54) is 36.4 Å². The smallest absolute Gasteiger partial charge is 0.417 e. The number of carbonyl (C=O) groups is 4. The van der Waals surface area contributed by atoms with Crippen LogP contribution in [0.5, 0.6) is 23.0 Å². The van der Waals surface area contributed by atoms with Gasteiger partial charge in [0.25, 0.3) is 0 Å². The normalized spacial score (nSPS) is 13.1. The standard InChI is InChI=1S/C84H86F12O15/c1-5-103-73(77(97)98)47-55-17-31-63(32-18-55)107-41-9-13-53-25-39-67(71(45-53)83(91,92)93)68-40-26-54(46-72(68)84(94,95)96)14-10-42-108-64-35-21-57(22-36-64)49-75(105-7-3)79(101)111-80(102)76(106-8-4)50-58-23-37-66(38-24-58)110-44-12-16-60-28-30-62(52-70(60)82(88,89)90)61-29-27-59(69(51-61)81(85,86)87)15-11-43-109-65-33-19-56(20-34-65)48-74(78(99)100)104-6-2/h17-40,45-46,51-52,73-76H,5-16,41-44,47-50H2,1-4H3,(H,97,98)(H,99,100). The molecule has 0 fully saturated rings. The molecule has 0 spiro atoms. The average molecular weight is 1560 g/mol. The largest absolute Gasteiger partial charge is 0.494 e. The summed E-state index contributed by atoms with van der Waals surface area (Å²) in [5.74, 6) is -2.59. The number of benzene rings is 8. The number of carboxylic acid groups (broad SMARTS) is 2. The fourth-order valence-electron chi connectivity index (χ4n) is 12.4. The molecule has 111 heavy (non-hydrogen) atoms. The molecular weight excluding hydrogens is 1480 g/mol. The Morgan fingerprint density at radius 2 is 0.577 bits per heavy atom. The van der Waals surface area contributed by atoms with Crippen LogP contribution in [0.1, 0.15) is 120 Å². The molecule has 0 saturated heterocycles. The van der Waals surface area contributed by atoms with Crippen molar-refractivity contribution in [2.75, 3.05) is 52.9 Å². The second-order valence-electron chi connectivity index (χ2n) is 25.9. The van der Waals surface area contributed by atoms with Crippen LogP contribution >= 0.6 is 0 Å². The molecular formula is C84H86F12O15. The summed E-state index contributed by atoms with van der Waals surface area (Å²) in [6.07, 6.45) is -23.2. The minimum absolute atomic E-state index is 0.0222. The lowest BCUT2D eigenvalue weighted by molar-refractivity contribution is -0.175. The molecule has 4 atom stereocenters. The van der Waals surface area contributed by atoms with E-state index < -0.39 is 106 Å². The van der Waals surface area contributed by atoms with Gasteiger partial charge in [-0.1, -0.05) is 97.1 Å². The third-order valence-electron chi connectivity index (χ3n) is 17.8. The Kier molecular flexibility index (Phi) is 31.9. The topological polar surface area (TPSA) is 192 Å². The van der Waals surface area contributed by atoms with Gasteiger partial charge >= 0.3 is 48.6 Å². The average Bonchev–Trinajstić information content (AvgIpc) is 0.780. The fraction of sp³-hybridized carbons (Fsp3) is 0.381. The minimum Gasteiger partial charge on any atom is -0.494 e. The molecule has 0 aliphatic rings. The number of carboxylic acids is 2. The van der Waals surface area contributed by atoms with E-state index in [2.05, 4.69) is 0 Å². The minimum atomic E-state index is -5.01. The van der Waals surface area contributed by atoms with Gasteiger partial charge in [0, 0.05) is 52.1 Å². The zero-order chi connectivity index (χ0) is 80.5. The second kappa shape index (κ2) is 40.8. The van der Waals surface area contributed by atoms with Crippen LogP contribution in [-0.2, 0) is 119 Å². The summed E-state index contributed by atoms with van der Waals surface area (Å²) in [7, 11) is 0. The molecule has 2 N–H and O–H groups in total. The van der Waals surface area contributed by atoms with E-state index in [9.17, 15) is 82.1 Å². The Balaban J connectivity index is 0.774. The summed E-state index contributed by atoms with van der Waals surface area (Å²) in [4.78, 5) is 49.9. The van der Waals surface area contributed by atoms with E-state index in [-0.39, 0.29) is 163 Å². The number of ether oxygens (including phenoxy) is 9. The molecule has 0 aliphatic carbocycles. The Bertz CT molecular complexity index is 4310. The fourth-order valence-corrected chi connectivity index (χ4v) is 12.4. The van der Waals surface area contributed by atoms with Crippen LogP contribution in [0.2, 0.25) is 0 Å². The van der Waals surface area contributed by atoms with E-state index in [1.54, 1.807) is 125 Å². The SMILES string of the molecule is CCOC(Cc1ccc(OCCCc2ccc(-c3ccc(CCCOc4ccc(CC(OCC)C(=O)OC(=O)C(Cc5ccc(OCCCc6ccc(-c7ccc(CCCOc8ccc(CC(OCC)C(=O)O)cc8)c(C(F)(F)F)c7)cc6C(F)(F)F)cc5)OCC)cc4)cc3C(F)(F)F)c(C(F)(F)F)c2)cc1)C(=O)O.